The lowest BCUT2D eigenvalue weighted by Gasteiger charge is -2.14. The zero-order chi connectivity index (χ0) is 13.9. The van der Waals surface area contributed by atoms with Gasteiger partial charge in [0.05, 0.1) is 4.90 Å². The maximum absolute atomic E-state index is 12.2. The van der Waals surface area contributed by atoms with Crippen molar-refractivity contribution >= 4 is 21.6 Å². The lowest BCUT2D eigenvalue weighted by Crippen LogP contribution is -2.26. The molecule has 2 rings (SSSR count). The summed E-state index contributed by atoms with van der Waals surface area (Å²) in [6.45, 7) is 1.78. The number of hydrogen-bond donors (Lipinski definition) is 1. The summed E-state index contributed by atoms with van der Waals surface area (Å²) in [5, 5.41) is 0.586. The van der Waals surface area contributed by atoms with Crippen molar-refractivity contribution in [3.63, 3.8) is 0 Å². The van der Waals surface area contributed by atoms with E-state index in [0.717, 1.165) is 5.56 Å². The van der Waals surface area contributed by atoms with Crippen LogP contribution in [-0.4, -0.2) is 8.42 Å². The predicted octanol–water partition coefficient (Wildman–Crippen LogP) is 3.38. The van der Waals surface area contributed by atoms with E-state index in [1.165, 1.54) is 0 Å². The number of nitrogens with one attached hydrogen (secondary N) is 1. The van der Waals surface area contributed by atoms with Crippen LogP contribution in [0.2, 0.25) is 5.02 Å². The predicted molar refractivity (Wildman–Crippen MR) is 76.6 cm³/mol. The first-order valence-electron chi connectivity index (χ1n) is 5.82. The fraction of sp³-hybridized carbons (Fsp3) is 0.143. The molecular weight excluding hydrogens is 282 g/mol. The minimum absolute atomic E-state index is 0.254. The van der Waals surface area contributed by atoms with Crippen LogP contribution in [0.4, 0.5) is 0 Å². The summed E-state index contributed by atoms with van der Waals surface area (Å²) in [6.07, 6.45) is 0. The lowest BCUT2D eigenvalue weighted by atomic mass is 10.1. The Bertz CT molecular complexity index is 656. The molecule has 0 aliphatic heterocycles. The highest BCUT2D eigenvalue weighted by atomic mass is 35.5. The molecule has 0 unspecified atom stereocenters. The molecule has 0 spiro atoms. The fourth-order valence-corrected chi connectivity index (χ4v) is 3.20. The highest BCUT2D eigenvalue weighted by molar-refractivity contribution is 7.89. The molecule has 3 nitrogen and oxygen atoms in total. The second-order valence-electron chi connectivity index (χ2n) is 4.21. The van der Waals surface area contributed by atoms with Crippen LogP contribution in [0.1, 0.15) is 18.5 Å². The van der Waals surface area contributed by atoms with Gasteiger partial charge in [0.15, 0.2) is 0 Å². The summed E-state index contributed by atoms with van der Waals surface area (Å²) in [6, 6.07) is 15.1. The first-order valence-corrected chi connectivity index (χ1v) is 7.68. The monoisotopic (exact) mass is 295 g/mol. The van der Waals surface area contributed by atoms with E-state index in [1.54, 1.807) is 55.5 Å². The third kappa shape index (κ3) is 3.56. The van der Waals surface area contributed by atoms with Gasteiger partial charge in [-0.2, -0.15) is 0 Å². The molecule has 0 radical (unpaired) electrons. The molecule has 1 N–H and O–H groups in total. The number of halogens is 1. The van der Waals surface area contributed by atoms with Gasteiger partial charge < -0.3 is 0 Å². The molecule has 0 aromatic heterocycles. The van der Waals surface area contributed by atoms with E-state index >= 15 is 0 Å². The summed E-state index contributed by atoms with van der Waals surface area (Å²) in [7, 11) is -3.51. The highest BCUT2D eigenvalue weighted by Crippen LogP contribution is 2.19. The zero-order valence-electron chi connectivity index (χ0n) is 10.4. The number of sulfonamides is 1. The first-order chi connectivity index (χ1) is 8.99. The van der Waals surface area contributed by atoms with Crippen LogP contribution in [0.25, 0.3) is 0 Å². The van der Waals surface area contributed by atoms with Crippen LogP contribution in [0.3, 0.4) is 0 Å². The molecule has 2 aromatic rings. The smallest absolute Gasteiger partial charge is 0.207 e. The van der Waals surface area contributed by atoms with Crippen molar-refractivity contribution in [2.45, 2.75) is 17.9 Å². The molecule has 19 heavy (non-hydrogen) atoms. The Balaban J connectivity index is 2.22. The summed E-state index contributed by atoms with van der Waals surface area (Å²) in [4.78, 5) is 0.254. The molecule has 100 valence electrons. The molecule has 0 fully saturated rings. The van der Waals surface area contributed by atoms with E-state index in [-0.39, 0.29) is 10.9 Å². The van der Waals surface area contributed by atoms with Gasteiger partial charge >= 0.3 is 0 Å². The van der Waals surface area contributed by atoms with Gasteiger partial charge in [0.25, 0.3) is 0 Å². The van der Waals surface area contributed by atoms with Crippen LogP contribution in [0, 0.1) is 0 Å². The van der Waals surface area contributed by atoms with Crippen LogP contribution >= 0.6 is 11.6 Å². The molecule has 0 aliphatic rings. The number of hydrogen-bond acceptors (Lipinski definition) is 2. The van der Waals surface area contributed by atoms with Crippen molar-refractivity contribution < 1.29 is 8.42 Å². The van der Waals surface area contributed by atoms with Crippen molar-refractivity contribution in [2.24, 2.45) is 0 Å². The van der Waals surface area contributed by atoms with Gasteiger partial charge in [-0.1, -0.05) is 41.9 Å². The summed E-state index contributed by atoms with van der Waals surface area (Å²) in [5.41, 5.74) is 0.826. The van der Waals surface area contributed by atoms with E-state index in [1.807, 2.05) is 6.07 Å². The van der Waals surface area contributed by atoms with E-state index < -0.39 is 10.0 Å². The minimum atomic E-state index is -3.51. The fourth-order valence-electron chi connectivity index (χ4n) is 1.74. The standard InChI is InChI=1S/C14H14ClNO2S/c1-11(12-6-5-7-13(15)10-12)16-19(17,18)14-8-3-2-4-9-14/h2-11,16H,1H3/t11-/m1/s1. The van der Waals surface area contributed by atoms with Gasteiger partial charge in [0.1, 0.15) is 0 Å². The maximum atomic E-state index is 12.2. The van der Waals surface area contributed by atoms with Crippen LogP contribution in [0.5, 0.6) is 0 Å². The molecular formula is C14H14ClNO2S. The van der Waals surface area contributed by atoms with E-state index in [9.17, 15) is 8.42 Å². The second kappa shape index (κ2) is 5.74. The van der Waals surface area contributed by atoms with Gasteiger partial charge in [0, 0.05) is 11.1 Å². The largest absolute Gasteiger partial charge is 0.241 e. The van der Waals surface area contributed by atoms with Crippen LogP contribution in [-0.2, 0) is 10.0 Å². The average Bonchev–Trinajstić information content (AvgIpc) is 2.39. The second-order valence-corrected chi connectivity index (χ2v) is 6.36. The Hall–Kier alpha value is -1.36. The van der Waals surface area contributed by atoms with E-state index in [0.29, 0.717) is 5.02 Å². The van der Waals surface area contributed by atoms with Gasteiger partial charge in [-0.3, -0.25) is 0 Å². The minimum Gasteiger partial charge on any atom is -0.207 e. The Kier molecular flexibility index (Phi) is 4.24. The quantitative estimate of drug-likeness (QED) is 0.940. The third-order valence-corrected chi connectivity index (χ3v) is 4.53. The third-order valence-electron chi connectivity index (χ3n) is 2.73. The molecule has 2 aromatic carbocycles. The van der Waals surface area contributed by atoms with Gasteiger partial charge in [-0.25, -0.2) is 13.1 Å². The van der Waals surface area contributed by atoms with Crippen molar-refractivity contribution in [2.75, 3.05) is 0 Å². The van der Waals surface area contributed by atoms with Crippen molar-refractivity contribution in [3.05, 3.63) is 65.2 Å². The summed E-state index contributed by atoms with van der Waals surface area (Å²) >= 11 is 5.90. The lowest BCUT2D eigenvalue weighted by molar-refractivity contribution is 0.567. The zero-order valence-corrected chi connectivity index (χ0v) is 11.9. The maximum Gasteiger partial charge on any atom is 0.241 e. The summed E-state index contributed by atoms with van der Waals surface area (Å²) < 4.78 is 26.9. The van der Waals surface area contributed by atoms with Crippen LogP contribution in [0.15, 0.2) is 59.5 Å². The molecule has 0 saturated heterocycles. The average molecular weight is 296 g/mol. The van der Waals surface area contributed by atoms with Crippen molar-refractivity contribution in [1.29, 1.82) is 0 Å². The highest BCUT2D eigenvalue weighted by Gasteiger charge is 2.17. The van der Waals surface area contributed by atoms with E-state index in [2.05, 4.69) is 4.72 Å². The topological polar surface area (TPSA) is 46.2 Å². The molecule has 0 saturated carbocycles. The summed E-state index contributed by atoms with van der Waals surface area (Å²) in [5.74, 6) is 0. The molecule has 0 aliphatic carbocycles. The Morgan fingerprint density at radius 1 is 1.05 bits per heavy atom. The van der Waals surface area contributed by atoms with E-state index in [4.69, 9.17) is 11.6 Å². The van der Waals surface area contributed by atoms with Crippen LogP contribution < -0.4 is 4.72 Å². The van der Waals surface area contributed by atoms with Gasteiger partial charge in [-0.05, 0) is 36.8 Å². The van der Waals surface area contributed by atoms with Gasteiger partial charge in [-0.15, -0.1) is 0 Å². The van der Waals surface area contributed by atoms with Crippen molar-refractivity contribution in [1.82, 2.24) is 4.72 Å². The SMILES string of the molecule is C[C@@H](NS(=O)(=O)c1ccccc1)c1cccc(Cl)c1. The molecule has 0 amide bonds. The molecule has 5 heteroatoms. The molecule has 0 heterocycles. The molecule has 0 bridgehead atoms. The molecule has 1 atom stereocenters. The Morgan fingerprint density at radius 2 is 1.74 bits per heavy atom. The Labute approximate surface area is 118 Å². The van der Waals surface area contributed by atoms with Crippen molar-refractivity contribution in [3.8, 4) is 0 Å². The first kappa shape index (κ1) is 14.1. The normalized spacial score (nSPS) is 13.2. The Morgan fingerprint density at radius 3 is 2.37 bits per heavy atom. The number of rotatable bonds is 4. The van der Waals surface area contributed by atoms with Gasteiger partial charge in [0.2, 0.25) is 10.0 Å². The number of benzene rings is 2.